The van der Waals surface area contributed by atoms with E-state index in [0.29, 0.717) is 10.6 Å². The Morgan fingerprint density at radius 1 is 1.33 bits per heavy atom. The zero-order valence-corrected chi connectivity index (χ0v) is 11.0. The molecule has 0 bridgehead atoms. The Hall–Kier alpha value is -0.470. The number of hydrogen-bond donors (Lipinski definition) is 0. The van der Waals surface area contributed by atoms with Gasteiger partial charge in [-0.15, -0.1) is 11.8 Å². The summed E-state index contributed by atoms with van der Waals surface area (Å²) in [6.45, 7) is 5.70. The molecule has 0 fully saturated rings. The number of carbonyl (C=O) groups is 1. The molecule has 1 nitrogen and oxygen atoms in total. The van der Waals surface area contributed by atoms with Crippen LogP contribution in [0.3, 0.4) is 0 Å². The number of carbonyl (C=O) groups excluding carboxylic acids is 1. The number of thioether (sulfide) groups is 1. The van der Waals surface area contributed by atoms with E-state index in [2.05, 4.69) is 0 Å². The summed E-state index contributed by atoms with van der Waals surface area (Å²) in [7, 11) is 0. The summed E-state index contributed by atoms with van der Waals surface area (Å²) in [6, 6.07) is 5.57. The molecule has 0 aliphatic rings. The molecule has 0 amide bonds. The van der Waals surface area contributed by atoms with Crippen LogP contribution >= 0.6 is 23.4 Å². The highest BCUT2D eigenvalue weighted by molar-refractivity contribution is 7.98. The van der Waals surface area contributed by atoms with E-state index in [1.807, 2.05) is 39.2 Å². The van der Waals surface area contributed by atoms with Gasteiger partial charge in [-0.05, 0) is 24.5 Å². The second-order valence-electron chi connectivity index (χ2n) is 4.42. The summed E-state index contributed by atoms with van der Waals surface area (Å²) in [6.07, 6.45) is 1.98. The minimum atomic E-state index is -0.388. The van der Waals surface area contributed by atoms with E-state index in [4.69, 9.17) is 11.6 Å². The van der Waals surface area contributed by atoms with Crippen molar-refractivity contribution in [3.63, 3.8) is 0 Å². The summed E-state index contributed by atoms with van der Waals surface area (Å²) >= 11 is 7.63. The van der Waals surface area contributed by atoms with Gasteiger partial charge in [-0.2, -0.15) is 0 Å². The lowest BCUT2D eigenvalue weighted by Gasteiger charge is -2.17. The van der Waals surface area contributed by atoms with Crippen LogP contribution in [0.25, 0.3) is 0 Å². The van der Waals surface area contributed by atoms with Gasteiger partial charge in [0.05, 0.1) is 5.02 Å². The van der Waals surface area contributed by atoms with Crippen molar-refractivity contribution >= 4 is 29.1 Å². The maximum atomic E-state index is 12.1. The van der Waals surface area contributed by atoms with Gasteiger partial charge >= 0.3 is 0 Å². The first kappa shape index (κ1) is 12.6. The molecular weight excluding hydrogens is 228 g/mol. The fourth-order valence-corrected chi connectivity index (χ4v) is 1.85. The van der Waals surface area contributed by atoms with Crippen molar-refractivity contribution in [1.29, 1.82) is 0 Å². The Morgan fingerprint density at radius 2 is 1.93 bits per heavy atom. The zero-order chi connectivity index (χ0) is 11.6. The first-order valence-electron chi connectivity index (χ1n) is 4.74. The zero-order valence-electron chi connectivity index (χ0n) is 9.43. The first-order chi connectivity index (χ1) is 6.86. The molecule has 0 N–H and O–H groups in total. The Bertz CT molecular complexity index is 380. The van der Waals surface area contributed by atoms with Gasteiger partial charge in [-0.3, -0.25) is 4.79 Å². The predicted molar refractivity (Wildman–Crippen MR) is 67.0 cm³/mol. The number of benzene rings is 1. The molecule has 0 saturated carbocycles. The van der Waals surface area contributed by atoms with Gasteiger partial charge < -0.3 is 0 Å². The highest BCUT2D eigenvalue weighted by Gasteiger charge is 2.24. The predicted octanol–water partition coefficient (Wildman–Crippen LogP) is 4.29. The standard InChI is InChI=1S/C12H15ClOS/c1-12(2,3)11(14)9-7-8(15-4)5-6-10(9)13/h5-7H,1-4H3. The number of Topliss-reactive ketones (excluding diaryl/α,β-unsaturated/α-hetero) is 1. The van der Waals surface area contributed by atoms with Gasteiger partial charge in [0, 0.05) is 15.9 Å². The van der Waals surface area contributed by atoms with Crippen LogP contribution in [0.15, 0.2) is 23.1 Å². The molecule has 0 aromatic heterocycles. The summed E-state index contributed by atoms with van der Waals surface area (Å²) < 4.78 is 0. The average Bonchev–Trinajstić information content (AvgIpc) is 2.16. The summed E-state index contributed by atoms with van der Waals surface area (Å²) in [5.41, 5.74) is 0.233. The molecular formula is C12H15ClOS. The van der Waals surface area contributed by atoms with E-state index < -0.39 is 0 Å². The van der Waals surface area contributed by atoms with Crippen LogP contribution < -0.4 is 0 Å². The van der Waals surface area contributed by atoms with Gasteiger partial charge in [0.2, 0.25) is 0 Å². The van der Waals surface area contributed by atoms with Gasteiger partial charge in [0.15, 0.2) is 5.78 Å². The molecule has 0 aliphatic carbocycles. The Morgan fingerprint density at radius 3 is 2.40 bits per heavy atom. The number of hydrogen-bond acceptors (Lipinski definition) is 2. The van der Waals surface area contributed by atoms with Gasteiger partial charge in [-0.25, -0.2) is 0 Å². The minimum Gasteiger partial charge on any atom is -0.294 e. The van der Waals surface area contributed by atoms with E-state index >= 15 is 0 Å². The fourth-order valence-electron chi connectivity index (χ4n) is 1.21. The Balaban J connectivity index is 3.19. The molecule has 0 spiro atoms. The van der Waals surface area contributed by atoms with Crippen molar-refractivity contribution in [1.82, 2.24) is 0 Å². The maximum Gasteiger partial charge on any atom is 0.169 e. The lowest BCUT2D eigenvalue weighted by atomic mass is 9.86. The van der Waals surface area contributed by atoms with Crippen LogP contribution in [0.4, 0.5) is 0 Å². The number of rotatable bonds is 2. The monoisotopic (exact) mass is 242 g/mol. The summed E-state index contributed by atoms with van der Waals surface area (Å²) in [5, 5.41) is 0.535. The second-order valence-corrected chi connectivity index (χ2v) is 5.71. The average molecular weight is 243 g/mol. The van der Waals surface area contributed by atoms with Crippen molar-refractivity contribution < 1.29 is 4.79 Å². The molecule has 15 heavy (non-hydrogen) atoms. The highest BCUT2D eigenvalue weighted by Crippen LogP contribution is 2.29. The highest BCUT2D eigenvalue weighted by atomic mass is 35.5. The quantitative estimate of drug-likeness (QED) is 0.569. The lowest BCUT2D eigenvalue weighted by Crippen LogP contribution is -2.20. The molecule has 0 radical (unpaired) electrons. The molecule has 3 heteroatoms. The molecule has 0 atom stereocenters. The van der Waals surface area contributed by atoms with E-state index in [0.717, 1.165) is 4.90 Å². The SMILES string of the molecule is CSc1ccc(Cl)c(C(=O)C(C)(C)C)c1. The van der Waals surface area contributed by atoms with Crippen LogP contribution in [0, 0.1) is 5.41 Å². The van der Waals surface area contributed by atoms with E-state index in [9.17, 15) is 4.79 Å². The summed E-state index contributed by atoms with van der Waals surface area (Å²) in [5.74, 6) is 0.0865. The van der Waals surface area contributed by atoms with Crippen molar-refractivity contribution in [3.05, 3.63) is 28.8 Å². The van der Waals surface area contributed by atoms with E-state index in [-0.39, 0.29) is 11.2 Å². The normalized spacial score (nSPS) is 11.5. The van der Waals surface area contributed by atoms with E-state index in [1.54, 1.807) is 17.8 Å². The van der Waals surface area contributed by atoms with Gasteiger partial charge in [0.1, 0.15) is 0 Å². The smallest absolute Gasteiger partial charge is 0.169 e. The first-order valence-corrected chi connectivity index (χ1v) is 6.35. The molecule has 0 aliphatic heterocycles. The van der Waals surface area contributed by atoms with Crippen molar-refractivity contribution in [2.24, 2.45) is 5.41 Å². The molecule has 1 aromatic rings. The third-order valence-corrected chi connectivity index (χ3v) is 3.15. The van der Waals surface area contributed by atoms with Crippen LogP contribution in [0.2, 0.25) is 5.02 Å². The number of halogens is 1. The van der Waals surface area contributed by atoms with E-state index in [1.165, 1.54) is 0 Å². The Kier molecular flexibility index (Phi) is 3.85. The molecule has 0 unspecified atom stereocenters. The fraction of sp³-hybridized carbons (Fsp3) is 0.417. The third kappa shape index (κ3) is 2.99. The topological polar surface area (TPSA) is 17.1 Å². The maximum absolute atomic E-state index is 12.1. The molecule has 1 aromatic carbocycles. The van der Waals surface area contributed by atoms with Gasteiger partial charge in [-0.1, -0.05) is 32.4 Å². The third-order valence-electron chi connectivity index (χ3n) is 2.10. The van der Waals surface area contributed by atoms with Crippen LogP contribution in [0.1, 0.15) is 31.1 Å². The van der Waals surface area contributed by atoms with Crippen molar-refractivity contribution in [2.45, 2.75) is 25.7 Å². The minimum absolute atomic E-state index is 0.0865. The number of ketones is 1. The van der Waals surface area contributed by atoms with Crippen molar-refractivity contribution in [2.75, 3.05) is 6.26 Å². The molecule has 1 rings (SSSR count). The van der Waals surface area contributed by atoms with Crippen LogP contribution in [-0.4, -0.2) is 12.0 Å². The molecule has 0 heterocycles. The van der Waals surface area contributed by atoms with Crippen LogP contribution in [-0.2, 0) is 0 Å². The van der Waals surface area contributed by atoms with Gasteiger partial charge in [0.25, 0.3) is 0 Å². The lowest BCUT2D eigenvalue weighted by molar-refractivity contribution is 0.0858. The molecule has 82 valence electrons. The second kappa shape index (κ2) is 4.58. The molecule has 0 saturated heterocycles. The van der Waals surface area contributed by atoms with Crippen molar-refractivity contribution in [3.8, 4) is 0 Å². The summed E-state index contributed by atoms with van der Waals surface area (Å²) in [4.78, 5) is 13.1. The Labute approximate surface area is 100 Å². The largest absolute Gasteiger partial charge is 0.294 e. The van der Waals surface area contributed by atoms with Crippen LogP contribution in [0.5, 0.6) is 0 Å².